The first-order valence-electron chi connectivity index (χ1n) is 13.6. The maximum absolute atomic E-state index is 14.1. The Kier molecular flexibility index (Phi) is 8.10. The molecule has 0 amide bonds. The van der Waals surface area contributed by atoms with Crippen LogP contribution in [0.2, 0.25) is 0 Å². The van der Waals surface area contributed by atoms with Gasteiger partial charge in [0.2, 0.25) is 0 Å². The SMILES string of the molecule is CC(C)OC(=O)[C@H](C)N[P@](=O)(OC[C@H]1C(C)[C@@H](n2cnc3c(N)ncnc32)[C@@H]2OC(C)(C)O[C@@H]21)Oc1ccccc1. The molecular formula is C27H37N6O7P. The molecule has 2 fully saturated rings. The Morgan fingerprint density at radius 1 is 1.15 bits per heavy atom. The third-order valence-electron chi connectivity index (χ3n) is 7.31. The molecule has 0 bridgehead atoms. The van der Waals surface area contributed by atoms with E-state index in [2.05, 4.69) is 20.0 Å². The van der Waals surface area contributed by atoms with Gasteiger partial charge in [0.25, 0.3) is 0 Å². The molecule has 14 heteroatoms. The first-order chi connectivity index (χ1) is 19.4. The lowest BCUT2D eigenvalue weighted by Gasteiger charge is -2.30. The van der Waals surface area contributed by atoms with Gasteiger partial charge >= 0.3 is 13.7 Å². The van der Waals surface area contributed by atoms with Gasteiger partial charge in [-0.25, -0.2) is 19.5 Å². The summed E-state index contributed by atoms with van der Waals surface area (Å²) in [6.45, 7) is 10.8. The zero-order valence-corrected chi connectivity index (χ0v) is 24.9. The number of nitrogens with one attached hydrogen (secondary N) is 1. The monoisotopic (exact) mass is 588 g/mol. The van der Waals surface area contributed by atoms with Crippen molar-refractivity contribution >= 4 is 30.7 Å². The minimum absolute atomic E-state index is 0.00884. The maximum atomic E-state index is 14.1. The number of esters is 1. The predicted molar refractivity (Wildman–Crippen MR) is 150 cm³/mol. The summed E-state index contributed by atoms with van der Waals surface area (Å²) in [4.78, 5) is 25.4. The Morgan fingerprint density at radius 2 is 1.85 bits per heavy atom. The molecule has 1 aliphatic carbocycles. The van der Waals surface area contributed by atoms with Crippen LogP contribution in [0.3, 0.4) is 0 Å². The van der Waals surface area contributed by atoms with Crippen molar-refractivity contribution in [3.05, 3.63) is 43.0 Å². The summed E-state index contributed by atoms with van der Waals surface area (Å²) in [5.41, 5.74) is 7.12. The van der Waals surface area contributed by atoms with Crippen LogP contribution in [0.1, 0.15) is 47.6 Å². The number of hydrogen-bond donors (Lipinski definition) is 2. The van der Waals surface area contributed by atoms with Crippen LogP contribution >= 0.6 is 7.75 Å². The van der Waals surface area contributed by atoms with Crippen LogP contribution in [-0.4, -0.2) is 62.2 Å². The second-order valence-corrected chi connectivity index (χ2v) is 12.9. The molecule has 0 spiro atoms. The van der Waals surface area contributed by atoms with Crippen molar-refractivity contribution in [2.24, 2.45) is 11.8 Å². The van der Waals surface area contributed by atoms with E-state index in [1.807, 2.05) is 31.4 Å². The lowest BCUT2D eigenvalue weighted by Crippen LogP contribution is -2.37. The predicted octanol–water partition coefficient (Wildman–Crippen LogP) is 3.87. The lowest BCUT2D eigenvalue weighted by molar-refractivity contribution is -0.166. The van der Waals surface area contributed by atoms with Gasteiger partial charge in [0, 0.05) is 5.92 Å². The molecule has 13 nitrogen and oxygen atoms in total. The van der Waals surface area contributed by atoms with Gasteiger partial charge in [0.05, 0.1) is 31.2 Å². The van der Waals surface area contributed by atoms with Crippen molar-refractivity contribution < 1.29 is 32.6 Å². The average Bonchev–Trinajstić information content (AvgIpc) is 3.52. The third kappa shape index (κ3) is 6.09. The van der Waals surface area contributed by atoms with E-state index < -0.39 is 31.6 Å². The fourth-order valence-electron chi connectivity index (χ4n) is 5.53. The Balaban J connectivity index is 1.42. The van der Waals surface area contributed by atoms with Crippen molar-refractivity contribution in [3.63, 3.8) is 0 Å². The summed E-state index contributed by atoms with van der Waals surface area (Å²) < 4.78 is 46.0. The van der Waals surface area contributed by atoms with Gasteiger partial charge in [-0.3, -0.25) is 9.32 Å². The van der Waals surface area contributed by atoms with Crippen molar-refractivity contribution in [2.75, 3.05) is 12.3 Å². The maximum Gasteiger partial charge on any atom is 0.459 e. The topological polar surface area (TPSA) is 162 Å². The Bertz CT molecular complexity index is 1430. The number of anilines is 1. The summed E-state index contributed by atoms with van der Waals surface area (Å²) in [5, 5.41) is 2.75. The van der Waals surface area contributed by atoms with Crippen molar-refractivity contribution in [1.82, 2.24) is 24.6 Å². The van der Waals surface area contributed by atoms with Crippen LogP contribution in [0.25, 0.3) is 11.2 Å². The van der Waals surface area contributed by atoms with Crippen molar-refractivity contribution in [2.45, 2.75) is 77.7 Å². The quantitative estimate of drug-likeness (QED) is 0.260. The highest BCUT2D eigenvalue weighted by Crippen LogP contribution is 2.53. The number of benzene rings is 1. The Hall–Kier alpha value is -3.09. The Labute approximate surface area is 238 Å². The summed E-state index contributed by atoms with van der Waals surface area (Å²) >= 11 is 0. The fraction of sp³-hybridized carbons (Fsp3) is 0.556. The first kappa shape index (κ1) is 29.4. The number of imidazole rings is 1. The van der Waals surface area contributed by atoms with Crippen LogP contribution in [0, 0.1) is 11.8 Å². The zero-order chi connectivity index (χ0) is 29.5. The van der Waals surface area contributed by atoms with Gasteiger partial charge in [-0.15, -0.1) is 0 Å². The van der Waals surface area contributed by atoms with Gasteiger partial charge in [-0.1, -0.05) is 25.1 Å². The van der Waals surface area contributed by atoms with Crippen molar-refractivity contribution in [3.8, 4) is 5.75 Å². The molecule has 3 N–H and O–H groups in total. The highest BCUT2D eigenvalue weighted by Gasteiger charge is 2.58. The molecule has 5 rings (SSSR count). The molecule has 222 valence electrons. The Morgan fingerprint density at radius 3 is 2.56 bits per heavy atom. The molecular weight excluding hydrogens is 551 g/mol. The van der Waals surface area contributed by atoms with Crippen LogP contribution in [0.15, 0.2) is 43.0 Å². The minimum atomic E-state index is -4.07. The van der Waals surface area contributed by atoms with E-state index in [4.69, 9.17) is 29.0 Å². The van der Waals surface area contributed by atoms with E-state index >= 15 is 0 Å². The highest BCUT2D eigenvalue weighted by atomic mass is 31.2. The number of para-hydroxylation sites is 1. The summed E-state index contributed by atoms with van der Waals surface area (Å²) in [6.07, 6.45) is 1.98. The van der Waals surface area contributed by atoms with Gasteiger partial charge in [0.1, 0.15) is 29.7 Å². The third-order valence-corrected chi connectivity index (χ3v) is 8.95. The lowest BCUT2D eigenvalue weighted by atomic mass is 9.95. The van der Waals surface area contributed by atoms with Crippen LogP contribution < -0.4 is 15.3 Å². The molecule has 1 saturated carbocycles. The normalized spacial score (nSPS) is 27.4. The summed E-state index contributed by atoms with van der Waals surface area (Å²) in [7, 11) is -4.07. The average molecular weight is 589 g/mol. The van der Waals surface area contributed by atoms with Crippen LogP contribution in [0.4, 0.5) is 5.82 Å². The molecule has 1 aromatic carbocycles. The smallest absolute Gasteiger partial charge is 0.459 e. The second-order valence-electron chi connectivity index (χ2n) is 11.2. The summed E-state index contributed by atoms with van der Waals surface area (Å²) in [6, 6.07) is 7.44. The van der Waals surface area contributed by atoms with Crippen LogP contribution in [0.5, 0.6) is 5.75 Å². The second kappa shape index (κ2) is 11.3. The molecule has 7 atom stereocenters. The van der Waals surface area contributed by atoms with E-state index in [-0.39, 0.29) is 42.5 Å². The number of ether oxygens (including phenoxy) is 3. The van der Waals surface area contributed by atoms with Crippen molar-refractivity contribution in [1.29, 1.82) is 0 Å². The number of carbonyl (C=O) groups is 1. The highest BCUT2D eigenvalue weighted by molar-refractivity contribution is 7.52. The standard InChI is InChI=1S/C27H37N6O7P/c1-15(2)37-26(34)17(4)32-41(35,40-18-10-8-7-9-11-18)36-12-19-16(3)21(23-22(19)38-27(5,6)39-23)33-14-31-20-24(28)29-13-30-25(20)33/h7-11,13-17,19,21-23H,12H2,1-6H3,(H,32,35)(H2,28,29,30)/t16?,17-,19-,21+,22+,23-,41-/m0/s1. The molecule has 2 aromatic heterocycles. The van der Waals surface area contributed by atoms with E-state index in [0.717, 1.165) is 0 Å². The number of fused-ring (bicyclic) bond motifs is 2. The molecule has 3 heterocycles. The summed E-state index contributed by atoms with van der Waals surface area (Å²) in [5.74, 6) is -1.17. The van der Waals surface area contributed by atoms with Gasteiger partial charge < -0.3 is 29.0 Å². The molecule has 1 aliphatic heterocycles. The molecule has 0 radical (unpaired) electrons. The molecule has 1 unspecified atom stereocenters. The number of nitrogens with zero attached hydrogens (tertiary/aromatic N) is 4. The molecule has 41 heavy (non-hydrogen) atoms. The number of carbonyl (C=O) groups excluding carboxylic acids is 1. The first-order valence-corrected chi connectivity index (χ1v) is 15.2. The van der Waals surface area contributed by atoms with E-state index in [1.54, 1.807) is 51.4 Å². The fourth-order valence-corrected chi connectivity index (χ4v) is 7.06. The van der Waals surface area contributed by atoms with E-state index in [1.165, 1.54) is 6.33 Å². The van der Waals surface area contributed by atoms with E-state index in [9.17, 15) is 9.36 Å². The number of nitrogen functional groups attached to an aromatic ring is 1. The number of hydrogen-bond acceptors (Lipinski definition) is 11. The number of aromatic nitrogens is 4. The van der Waals surface area contributed by atoms with Crippen LogP contribution in [-0.2, 0) is 28.1 Å². The largest absolute Gasteiger partial charge is 0.462 e. The molecule has 1 saturated heterocycles. The number of nitrogens with two attached hydrogens (primary N) is 1. The van der Waals surface area contributed by atoms with E-state index in [0.29, 0.717) is 16.9 Å². The van der Waals surface area contributed by atoms with Gasteiger partial charge in [-0.05, 0) is 52.7 Å². The minimum Gasteiger partial charge on any atom is -0.462 e. The number of rotatable bonds is 10. The molecule has 3 aromatic rings. The molecule has 2 aliphatic rings. The van der Waals surface area contributed by atoms with Gasteiger partial charge in [-0.2, -0.15) is 5.09 Å². The van der Waals surface area contributed by atoms with Gasteiger partial charge in [0.15, 0.2) is 17.3 Å². The zero-order valence-electron chi connectivity index (χ0n) is 24.0.